The number of thioether (sulfide) groups is 1. The van der Waals surface area contributed by atoms with Gasteiger partial charge in [0.15, 0.2) is 5.72 Å². The zero-order valence-electron chi connectivity index (χ0n) is 52.8. The third-order valence-electron chi connectivity index (χ3n) is 16.8. The number of benzene rings is 2. The summed E-state index contributed by atoms with van der Waals surface area (Å²) in [5.41, 5.74) is -0.418. The number of hydrogen-bond acceptors (Lipinski definition) is 18. The van der Waals surface area contributed by atoms with Crippen LogP contribution in [0.1, 0.15) is 106 Å². The van der Waals surface area contributed by atoms with E-state index in [1.54, 1.807) is 38.1 Å². The van der Waals surface area contributed by atoms with Gasteiger partial charge in [0, 0.05) is 110 Å². The molecule has 9 amide bonds. The van der Waals surface area contributed by atoms with Gasteiger partial charge in [-0.05, 0) is 81.3 Å². The first-order valence-electron chi connectivity index (χ1n) is 30.3. The minimum Gasteiger partial charge on any atom is -0.495 e. The molecule has 91 heavy (non-hydrogen) atoms. The van der Waals surface area contributed by atoms with E-state index in [0.29, 0.717) is 23.3 Å². The second-order valence-corrected chi connectivity index (χ2v) is 25.1. The van der Waals surface area contributed by atoms with Crippen molar-refractivity contribution >= 4 is 87.9 Å². The van der Waals surface area contributed by atoms with Crippen molar-refractivity contribution in [3.05, 3.63) is 106 Å². The molecular weight excluding hydrogens is 1220 g/mol. The van der Waals surface area contributed by atoms with Gasteiger partial charge in [0.25, 0.3) is 23.0 Å². The number of allylic oxidation sites excluding steroid dienone is 4. The lowest BCUT2D eigenvalue weighted by Gasteiger charge is -2.42. The molecule has 2 fully saturated rings. The molecule has 4 bridgehead atoms. The molecule has 2 aliphatic carbocycles. The number of carbonyl (C=O) groups is 10. The van der Waals surface area contributed by atoms with Crippen LogP contribution in [-0.2, 0) is 67.1 Å². The zero-order valence-corrected chi connectivity index (χ0v) is 54.4. The Bertz CT molecular complexity index is 3200. The maximum atomic E-state index is 14.2. The third-order valence-corrected chi connectivity index (χ3v) is 18.2. The first-order chi connectivity index (χ1) is 43.2. The topological polar surface area (TPSA) is 311 Å². The predicted molar refractivity (Wildman–Crippen MR) is 337 cm³/mol. The van der Waals surface area contributed by atoms with Gasteiger partial charge in [0.1, 0.15) is 48.1 Å². The Morgan fingerprint density at radius 2 is 1.70 bits per heavy atom. The van der Waals surface area contributed by atoms with Crippen LogP contribution in [0.2, 0.25) is 5.02 Å². The molecule has 0 aromatic heterocycles. The summed E-state index contributed by atoms with van der Waals surface area (Å²) in [6.07, 6.45) is 10.4. The number of halogens is 1. The number of fused-ring (bicyclic) bond motifs is 5. The van der Waals surface area contributed by atoms with Crippen molar-refractivity contribution in [3.63, 3.8) is 0 Å². The number of rotatable bonds is 19. The number of nitrogens with zero attached hydrogens (tertiary/aromatic N) is 4. The monoisotopic (exact) mass is 1300 g/mol. The average Bonchev–Trinajstić information content (AvgIpc) is 1.60. The van der Waals surface area contributed by atoms with Gasteiger partial charge in [0.05, 0.1) is 29.5 Å². The van der Waals surface area contributed by atoms with E-state index >= 15 is 0 Å². The van der Waals surface area contributed by atoms with Crippen LogP contribution in [0.4, 0.5) is 24.9 Å². The van der Waals surface area contributed by atoms with E-state index in [1.165, 1.54) is 69.1 Å². The molecule has 0 saturated carbocycles. The molecule has 2 aromatic carbocycles. The van der Waals surface area contributed by atoms with Gasteiger partial charge in [0.2, 0.25) is 5.91 Å². The van der Waals surface area contributed by atoms with E-state index in [9.17, 15) is 53.1 Å². The van der Waals surface area contributed by atoms with Crippen molar-refractivity contribution in [1.29, 1.82) is 0 Å². The second-order valence-electron chi connectivity index (χ2n) is 23.6. The fourth-order valence-corrected chi connectivity index (χ4v) is 12.1. The Labute approximate surface area is 538 Å². The molecule has 2 saturated heterocycles. The quantitative estimate of drug-likeness (QED) is 0.0318. The number of Topliss-reactive ketones (excluding diaryl/α,β-unsaturated/α-hetero) is 1. The van der Waals surface area contributed by atoms with Crippen molar-refractivity contribution < 1.29 is 81.5 Å². The van der Waals surface area contributed by atoms with Crippen LogP contribution in [0, 0.1) is 5.92 Å². The molecular formula is C64H83ClN8O17S. The lowest BCUT2D eigenvalue weighted by molar-refractivity contribution is -0.162. The molecule has 2 aromatic rings. The summed E-state index contributed by atoms with van der Waals surface area (Å²) in [5.74, 6) is -3.53. The number of esters is 1. The minimum atomic E-state index is -1.89. The van der Waals surface area contributed by atoms with Gasteiger partial charge in [-0.2, -0.15) is 0 Å². The minimum absolute atomic E-state index is 0.0307. The molecule has 0 spiro atoms. The highest BCUT2D eigenvalue weighted by molar-refractivity contribution is 8.13. The Morgan fingerprint density at radius 1 is 0.967 bits per heavy atom. The van der Waals surface area contributed by atoms with Gasteiger partial charge in [-0.1, -0.05) is 91.2 Å². The number of urea groups is 1. The predicted octanol–water partition coefficient (Wildman–Crippen LogP) is 6.77. The van der Waals surface area contributed by atoms with Gasteiger partial charge in [-0.3, -0.25) is 39.0 Å². The zero-order chi connectivity index (χ0) is 66.3. The Hall–Kier alpha value is -7.78. The number of amides is 9. The molecule has 5 aliphatic rings. The number of carbonyl (C=O) groups excluding carboxylic acids is 10. The molecule has 7 rings (SSSR count). The number of anilines is 1. The number of hydrogen-bond donors (Lipinski definition) is 5. The van der Waals surface area contributed by atoms with Crippen molar-refractivity contribution in [3.8, 4) is 5.75 Å². The average molecular weight is 1300 g/mol. The van der Waals surface area contributed by atoms with Crippen molar-refractivity contribution in [2.45, 2.75) is 146 Å². The molecule has 0 radical (unpaired) electrons. The summed E-state index contributed by atoms with van der Waals surface area (Å²) in [5, 5.41) is 22.6. The van der Waals surface area contributed by atoms with Gasteiger partial charge < -0.3 is 64.2 Å². The van der Waals surface area contributed by atoms with E-state index in [2.05, 4.69) is 21.3 Å². The van der Waals surface area contributed by atoms with E-state index in [-0.39, 0.29) is 92.3 Å². The highest BCUT2D eigenvalue weighted by Crippen LogP contribution is 2.49. The Kier molecular flexibility index (Phi) is 24.8. The maximum Gasteiger partial charge on any atom is 0.409 e. The second kappa shape index (κ2) is 32.0. The van der Waals surface area contributed by atoms with Crippen LogP contribution in [0.25, 0.3) is 0 Å². The van der Waals surface area contributed by atoms with E-state index in [1.807, 2.05) is 31.2 Å². The highest BCUT2D eigenvalue weighted by Gasteiger charge is 2.64. The number of likely N-dealkylation sites (N-methyl/N-ethyl adjacent to an activating group) is 3. The molecule has 3 aliphatic heterocycles. The number of methoxy groups -OCH3 is 2. The van der Waals surface area contributed by atoms with Crippen molar-refractivity contribution in [1.82, 2.24) is 35.6 Å². The highest BCUT2D eigenvalue weighted by atomic mass is 35.5. The molecule has 494 valence electrons. The number of epoxide rings is 1. The molecule has 27 heteroatoms. The lowest BCUT2D eigenvalue weighted by Crippen LogP contribution is -2.63. The van der Waals surface area contributed by atoms with Crippen molar-refractivity contribution in [2.24, 2.45) is 5.92 Å². The first kappa shape index (κ1) is 70.7. The summed E-state index contributed by atoms with van der Waals surface area (Å²) in [6.45, 7) is 6.50. The van der Waals surface area contributed by atoms with Gasteiger partial charge in [-0.15, -0.1) is 0 Å². The Balaban J connectivity index is 0.917. The summed E-state index contributed by atoms with van der Waals surface area (Å²) in [7, 11) is 7.30. The Morgan fingerprint density at radius 3 is 2.43 bits per heavy atom. The first-order valence-corrected chi connectivity index (χ1v) is 31.6. The van der Waals surface area contributed by atoms with E-state index < -0.39 is 101 Å². The SMILES string of the molecule is COc1cc2cc(c1Cl)CC(=O)C[C@H](OC(=O)[C@H](C)N(C)C(=O)CCSC(=O)N(C)CCN(C)C(=O)OCc1ccc(NC(=O)NC3/C=C/CCCCC3)c(C(=O)NCCN3C(=O)C=CC3=O)c1)[C@]1(C)O[C@H]1[C@H](C)[C@@H]1C[C@@](O)(NC(=O)O1)[C@H](OC)/C=C/C=C(\C)C2. The lowest BCUT2D eigenvalue weighted by atomic mass is 9.83. The number of nitrogens with one attached hydrogen (secondary N) is 4. The third kappa shape index (κ3) is 18.9. The standard InChI is InChI=1S/C64H83ClN8O17S/c1-38-16-15-19-50(86-9)64(84)36-49(88-60(81)69-64)39(2)56-63(4,90-56)51(35-45(74)34-43-31-42(30-38)33-48(85-8)55(43)65)89-58(79)40(3)72(7)52(75)24-29-91-62(83)71(6)28-27-70(5)61(82)87-37-41-20-21-47(68-59(80)67-44-17-13-11-10-12-14-18-44)46(32-41)57(78)66-25-26-73-53(76)22-23-54(73)77/h13,15-17,19-23,31-33,39-40,44,49-51,56,84H,10-12,14,18,24-30,34-37H2,1-9H3,(H,66,78)(H,69,81)(H2,67,68,80)/b17-13+,19-15+,38-16+/t39-,40+,44?,49+,50-,51+,56+,63+,64+/m1/s1. The normalized spacial score (nSPS) is 25.7. The summed E-state index contributed by atoms with van der Waals surface area (Å²) < 4.78 is 35.0. The smallest absolute Gasteiger partial charge is 0.409 e. The number of ketones is 1. The van der Waals surface area contributed by atoms with Crippen LogP contribution in [0.15, 0.2) is 78.4 Å². The number of imide groups is 1. The number of alkyl carbamates (subject to hydrolysis) is 1. The molecule has 5 N–H and O–H groups in total. The van der Waals surface area contributed by atoms with Crippen LogP contribution in [-0.4, -0.2) is 199 Å². The molecule has 3 heterocycles. The molecule has 25 nitrogen and oxygen atoms in total. The fraction of sp³-hybridized carbons (Fsp3) is 0.531. The molecule has 1 unspecified atom stereocenters. The summed E-state index contributed by atoms with van der Waals surface area (Å²) in [4.78, 5) is 137. The van der Waals surface area contributed by atoms with Crippen LogP contribution in [0.3, 0.4) is 0 Å². The summed E-state index contributed by atoms with van der Waals surface area (Å²) in [6, 6.07) is 6.22. The van der Waals surface area contributed by atoms with Crippen LogP contribution < -0.4 is 26.0 Å². The van der Waals surface area contributed by atoms with Crippen LogP contribution >= 0.6 is 23.4 Å². The van der Waals surface area contributed by atoms with Crippen molar-refractivity contribution in [2.75, 3.05) is 72.6 Å². The number of ether oxygens (including phenoxy) is 6. The molecule has 9 atom stereocenters. The maximum absolute atomic E-state index is 14.2. The van der Waals surface area contributed by atoms with Gasteiger partial charge >= 0.3 is 24.2 Å². The summed E-state index contributed by atoms with van der Waals surface area (Å²) >= 11 is 7.64. The van der Waals surface area contributed by atoms with Gasteiger partial charge in [-0.25, -0.2) is 19.2 Å². The van der Waals surface area contributed by atoms with Crippen LogP contribution in [0.5, 0.6) is 5.75 Å². The largest absolute Gasteiger partial charge is 0.495 e. The fourth-order valence-electron chi connectivity index (χ4n) is 11.1. The van der Waals surface area contributed by atoms with E-state index in [4.69, 9.17) is 40.0 Å². The number of aliphatic hydroxyl groups is 1. The van der Waals surface area contributed by atoms with E-state index in [0.717, 1.165) is 72.1 Å².